The van der Waals surface area contributed by atoms with E-state index in [1.165, 1.54) is 0 Å². The van der Waals surface area contributed by atoms with Crippen LogP contribution in [0.3, 0.4) is 0 Å². The summed E-state index contributed by atoms with van der Waals surface area (Å²) in [4.78, 5) is 8.52. The van der Waals surface area contributed by atoms with Crippen LogP contribution in [-0.4, -0.2) is 34.8 Å². The van der Waals surface area contributed by atoms with E-state index in [-0.39, 0.29) is 12.6 Å². The predicted octanol–water partition coefficient (Wildman–Crippen LogP) is 1.65. The van der Waals surface area contributed by atoms with Gasteiger partial charge in [0.15, 0.2) is 0 Å². The average Bonchev–Trinajstić information content (AvgIpc) is 2.31. The first-order valence-electron chi connectivity index (χ1n) is 5.97. The van der Waals surface area contributed by atoms with Gasteiger partial charge in [-0.1, -0.05) is 13.8 Å². The maximum Gasteiger partial charge on any atom is 0.224 e. The van der Waals surface area contributed by atoms with Crippen LogP contribution < -0.4 is 10.6 Å². The molecule has 96 valence electrons. The summed E-state index contributed by atoms with van der Waals surface area (Å²) in [5.41, 5.74) is 1.01. The average molecular weight is 238 g/mol. The molecule has 0 saturated carbocycles. The van der Waals surface area contributed by atoms with Crippen molar-refractivity contribution in [1.82, 2.24) is 9.97 Å². The summed E-state index contributed by atoms with van der Waals surface area (Å²) in [7, 11) is 1.79. The highest BCUT2D eigenvalue weighted by Crippen LogP contribution is 2.17. The Balaban J connectivity index is 2.84. The number of nitrogens with one attached hydrogen (secondary N) is 2. The van der Waals surface area contributed by atoms with Crippen LogP contribution >= 0.6 is 0 Å². The molecule has 5 heteroatoms. The standard InChI is InChI=1S/C12H22N4O/c1-8(2)10(5-6-17)15-11-9(3)7-14-12(13-4)16-11/h7-8,10,17H,5-6H2,1-4H3,(H2,13,14,15,16). The van der Waals surface area contributed by atoms with Crippen LogP contribution in [0, 0.1) is 12.8 Å². The van der Waals surface area contributed by atoms with Gasteiger partial charge in [0.25, 0.3) is 0 Å². The third-order valence-corrected chi connectivity index (χ3v) is 2.76. The maximum absolute atomic E-state index is 9.05. The van der Waals surface area contributed by atoms with Crippen molar-refractivity contribution in [3.63, 3.8) is 0 Å². The van der Waals surface area contributed by atoms with E-state index in [0.717, 1.165) is 17.8 Å². The van der Waals surface area contributed by atoms with E-state index in [4.69, 9.17) is 5.11 Å². The number of aliphatic hydroxyl groups is 1. The van der Waals surface area contributed by atoms with E-state index in [1.807, 2.05) is 6.92 Å². The van der Waals surface area contributed by atoms with E-state index in [2.05, 4.69) is 34.4 Å². The van der Waals surface area contributed by atoms with Crippen molar-refractivity contribution in [2.45, 2.75) is 33.2 Å². The summed E-state index contributed by atoms with van der Waals surface area (Å²) in [6.07, 6.45) is 2.51. The molecular formula is C12H22N4O. The van der Waals surface area contributed by atoms with Gasteiger partial charge < -0.3 is 15.7 Å². The highest BCUT2D eigenvalue weighted by atomic mass is 16.3. The van der Waals surface area contributed by atoms with Crippen molar-refractivity contribution >= 4 is 11.8 Å². The van der Waals surface area contributed by atoms with Gasteiger partial charge in [0.05, 0.1) is 0 Å². The molecule has 1 atom stereocenters. The van der Waals surface area contributed by atoms with Crippen LogP contribution in [0.5, 0.6) is 0 Å². The third-order valence-electron chi connectivity index (χ3n) is 2.76. The third kappa shape index (κ3) is 3.85. The number of nitrogens with zero attached hydrogens (tertiary/aromatic N) is 2. The zero-order valence-electron chi connectivity index (χ0n) is 11.0. The molecule has 0 fully saturated rings. The molecule has 3 N–H and O–H groups in total. The van der Waals surface area contributed by atoms with Gasteiger partial charge in [0.2, 0.25) is 5.95 Å². The zero-order valence-corrected chi connectivity index (χ0v) is 11.0. The molecule has 0 aromatic carbocycles. The van der Waals surface area contributed by atoms with E-state index >= 15 is 0 Å². The van der Waals surface area contributed by atoms with Crippen LogP contribution in [-0.2, 0) is 0 Å². The second kappa shape index (κ2) is 6.39. The molecule has 0 amide bonds. The van der Waals surface area contributed by atoms with Gasteiger partial charge in [-0.05, 0) is 19.3 Å². The number of anilines is 2. The predicted molar refractivity (Wildman–Crippen MR) is 70.3 cm³/mol. The molecule has 1 unspecified atom stereocenters. The monoisotopic (exact) mass is 238 g/mol. The molecule has 1 heterocycles. The fourth-order valence-corrected chi connectivity index (χ4v) is 1.60. The van der Waals surface area contributed by atoms with Crippen molar-refractivity contribution in [3.8, 4) is 0 Å². The van der Waals surface area contributed by atoms with E-state index < -0.39 is 0 Å². The largest absolute Gasteiger partial charge is 0.396 e. The topological polar surface area (TPSA) is 70.1 Å². The Morgan fingerprint density at radius 3 is 2.65 bits per heavy atom. The smallest absolute Gasteiger partial charge is 0.224 e. The molecule has 0 spiro atoms. The molecule has 0 aliphatic rings. The number of hydrogen-bond donors (Lipinski definition) is 3. The molecule has 0 aliphatic carbocycles. The summed E-state index contributed by atoms with van der Waals surface area (Å²) < 4.78 is 0. The van der Waals surface area contributed by atoms with E-state index in [1.54, 1.807) is 13.2 Å². The Kier molecular flexibility index (Phi) is 5.15. The first kappa shape index (κ1) is 13.7. The Morgan fingerprint density at radius 1 is 1.41 bits per heavy atom. The second-order valence-corrected chi connectivity index (χ2v) is 4.48. The lowest BCUT2D eigenvalue weighted by Gasteiger charge is -2.23. The molecule has 5 nitrogen and oxygen atoms in total. The Hall–Kier alpha value is -1.36. The first-order valence-corrected chi connectivity index (χ1v) is 5.97. The van der Waals surface area contributed by atoms with E-state index in [0.29, 0.717) is 11.9 Å². The maximum atomic E-state index is 9.05. The molecule has 1 rings (SSSR count). The minimum absolute atomic E-state index is 0.179. The lowest BCUT2D eigenvalue weighted by atomic mass is 10.0. The fourth-order valence-electron chi connectivity index (χ4n) is 1.60. The number of aliphatic hydroxyl groups excluding tert-OH is 1. The van der Waals surface area contributed by atoms with Gasteiger partial charge in [-0.25, -0.2) is 4.98 Å². The molecule has 17 heavy (non-hydrogen) atoms. The molecule has 0 saturated heterocycles. The Morgan fingerprint density at radius 2 is 2.12 bits per heavy atom. The fraction of sp³-hybridized carbons (Fsp3) is 0.667. The molecule has 0 radical (unpaired) electrons. The normalized spacial score (nSPS) is 12.6. The van der Waals surface area contributed by atoms with Gasteiger partial charge in [0.1, 0.15) is 5.82 Å². The highest BCUT2D eigenvalue weighted by Gasteiger charge is 2.14. The van der Waals surface area contributed by atoms with Crippen LogP contribution in [0.15, 0.2) is 6.20 Å². The highest BCUT2D eigenvalue weighted by molar-refractivity contribution is 5.46. The van der Waals surface area contributed by atoms with Crippen molar-refractivity contribution in [3.05, 3.63) is 11.8 Å². The van der Waals surface area contributed by atoms with Crippen LogP contribution in [0.4, 0.5) is 11.8 Å². The van der Waals surface area contributed by atoms with Crippen molar-refractivity contribution in [2.24, 2.45) is 5.92 Å². The quantitative estimate of drug-likeness (QED) is 0.703. The number of rotatable bonds is 6. The molecule has 0 aliphatic heterocycles. The molecule has 1 aromatic rings. The minimum atomic E-state index is 0.179. The van der Waals surface area contributed by atoms with Crippen molar-refractivity contribution in [2.75, 3.05) is 24.3 Å². The summed E-state index contributed by atoms with van der Waals surface area (Å²) in [5, 5.41) is 15.3. The van der Waals surface area contributed by atoms with Crippen molar-refractivity contribution in [1.29, 1.82) is 0 Å². The Bertz CT molecular complexity index is 354. The molecule has 0 bridgehead atoms. The second-order valence-electron chi connectivity index (χ2n) is 4.48. The van der Waals surface area contributed by atoms with Gasteiger partial charge in [-0.15, -0.1) is 0 Å². The number of aromatic nitrogens is 2. The van der Waals surface area contributed by atoms with Crippen molar-refractivity contribution < 1.29 is 5.11 Å². The van der Waals surface area contributed by atoms with Crippen LogP contribution in [0.1, 0.15) is 25.8 Å². The summed E-state index contributed by atoms with van der Waals surface area (Å²) in [6, 6.07) is 0.221. The Labute approximate surface area is 103 Å². The summed E-state index contributed by atoms with van der Waals surface area (Å²) in [6.45, 7) is 6.41. The number of aryl methyl sites for hydroxylation is 1. The first-order chi connectivity index (χ1) is 8.08. The number of hydrogen-bond acceptors (Lipinski definition) is 5. The minimum Gasteiger partial charge on any atom is -0.396 e. The zero-order chi connectivity index (χ0) is 12.8. The summed E-state index contributed by atoms with van der Waals surface area (Å²) in [5.74, 6) is 1.87. The van der Waals surface area contributed by atoms with Gasteiger partial charge in [-0.2, -0.15) is 4.98 Å². The van der Waals surface area contributed by atoms with Gasteiger partial charge in [0, 0.05) is 31.5 Å². The molecular weight excluding hydrogens is 216 g/mol. The lowest BCUT2D eigenvalue weighted by Crippen LogP contribution is -2.27. The molecule has 1 aromatic heterocycles. The van der Waals surface area contributed by atoms with Gasteiger partial charge in [-0.3, -0.25) is 0 Å². The SMILES string of the molecule is CNc1ncc(C)c(NC(CCO)C(C)C)n1. The lowest BCUT2D eigenvalue weighted by molar-refractivity contribution is 0.267. The van der Waals surface area contributed by atoms with Crippen LogP contribution in [0.25, 0.3) is 0 Å². The summed E-state index contributed by atoms with van der Waals surface area (Å²) >= 11 is 0. The van der Waals surface area contributed by atoms with E-state index in [9.17, 15) is 0 Å². The van der Waals surface area contributed by atoms with Crippen LogP contribution in [0.2, 0.25) is 0 Å². The van der Waals surface area contributed by atoms with Gasteiger partial charge >= 0.3 is 0 Å².